The van der Waals surface area contributed by atoms with Gasteiger partial charge in [-0.1, -0.05) is 11.6 Å². The lowest BCUT2D eigenvalue weighted by molar-refractivity contribution is 0.0302. The van der Waals surface area contributed by atoms with E-state index in [1.165, 1.54) is 26.4 Å². The molecule has 2 aromatic heterocycles. The van der Waals surface area contributed by atoms with Crippen molar-refractivity contribution in [2.24, 2.45) is 0 Å². The molecule has 1 aliphatic rings. The number of ether oxygens (including phenoxy) is 2. The summed E-state index contributed by atoms with van der Waals surface area (Å²) in [4.78, 5) is 35.0. The summed E-state index contributed by atoms with van der Waals surface area (Å²) < 4.78 is 10.8. The van der Waals surface area contributed by atoms with E-state index in [4.69, 9.17) is 21.1 Å². The molecule has 1 aliphatic heterocycles. The molecule has 11 heteroatoms. The minimum absolute atomic E-state index is 0.0834. The Morgan fingerprint density at radius 3 is 2.75 bits per heavy atom. The first kappa shape index (κ1) is 21.7. The van der Waals surface area contributed by atoms with Gasteiger partial charge in [-0.25, -0.2) is 9.97 Å². The third kappa shape index (κ3) is 4.41. The first-order valence-electron chi connectivity index (χ1n) is 9.87. The van der Waals surface area contributed by atoms with Gasteiger partial charge in [0, 0.05) is 25.6 Å². The lowest BCUT2D eigenvalue weighted by atomic mass is 10.1. The fraction of sp³-hybridized carbons (Fsp3) is 0.286. The molecule has 0 saturated carbocycles. The number of anilines is 2. The lowest BCUT2D eigenvalue weighted by Gasteiger charge is -2.27. The second-order valence-electron chi connectivity index (χ2n) is 7.05. The summed E-state index contributed by atoms with van der Waals surface area (Å²) in [6.07, 6.45) is 2.92. The highest BCUT2D eigenvalue weighted by Crippen LogP contribution is 2.31. The molecule has 1 fully saturated rings. The van der Waals surface area contributed by atoms with Crippen molar-refractivity contribution >= 4 is 34.9 Å². The maximum Gasteiger partial charge on any atom is 0.254 e. The zero-order valence-corrected chi connectivity index (χ0v) is 18.3. The second kappa shape index (κ2) is 9.33. The molecule has 3 heterocycles. The van der Waals surface area contributed by atoms with Gasteiger partial charge in [-0.05, 0) is 18.2 Å². The first-order chi connectivity index (χ1) is 15.5. The predicted molar refractivity (Wildman–Crippen MR) is 118 cm³/mol. The number of nitrogens with one attached hydrogen (secondary N) is 2. The van der Waals surface area contributed by atoms with Crippen molar-refractivity contribution in [1.82, 2.24) is 25.1 Å². The normalized spacial score (nSPS) is 13.7. The summed E-state index contributed by atoms with van der Waals surface area (Å²) >= 11 is 6.27. The Balaban J connectivity index is 1.61. The SMILES string of the molecule is COc1cc(C(=O)N2CCOCC2)ccc1Nc1ncc(Cl)c(-c2cn[nH]c2C(C)=O)n1. The molecule has 0 unspecified atom stereocenters. The number of morpholine rings is 1. The molecule has 0 atom stereocenters. The van der Waals surface area contributed by atoms with Crippen molar-refractivity contribution < 1.29 is 19.1 Å². The summed E-state index contributed by atoms with van der Waals surface area (Å²) in [5.41, 5.74) is 2.22. The minimum Gasteiger partial charge on any atom is -0.495 e. The molecule has 0 bridgehead atoms. The van der Waals surface area contributed by atoms with E-state index in [0.717, 1.165) is 0 Å². The van der Waals surface area contributed by atoms with Crippen LogP contribution in [0.25, 0.3) is 11.3 Å². The molecule has 0 aliphatic carbocycles. The summed E-state index contributed by atoms with van der Waals surface area (Å²) in [6.45, 7) is 3.59. The topological polar surface area (TPSA) is 122 Å². The van der Waals surface area contributed by atoms with Gasteiger partial charge in [0.1, 0.15) is 11.4 Å². The quantitative estimate of drug-likeness (QED) is 0.543. The van der Waals surface area contributed by atoms with Crippen molar-refractivity contribution in [1.29, 1.82) is 0 Å². The van der Waals surface area contributed by atoms with E-state index >= 15 is 0 Å². The Bertz CT molecular complexity index is 1160. The molecule has 0 spiro atoms. The summed E-state index contributed by atoms with van der Waals surface area (Å²) in [6, 6.07) is 5.10. The Morgan fingerprint density at radius 1 is 1.25 bits per heavy atom. The van der Waals surface area contributed by atoms with E-state index in [9.17, 15) is 9.59 Å². The fourth-order valence-electron chi connectivity index (χ4n) is 3.35. The Labute approximate surface area is 188 Å². The number of benzene rings is 1. The number of amides is 1. The molecule has 1 aromatic carbocycles. The van der Waals surface area contributed by atoms with E-state index in [2.05, 4.69) is 25.5 Å². The Kier molecular flexibility index (Phi) is 6.33. The molecule has 10 nitrogen and oxygen atoms in total. The van der Waals surface area contributed by atoms with Crippen LogP contribution in [0.2, 0.25) is 5.02 Å². The number of aromatic nitrogens is 4. The lowest BCUT2D eigenvalue weighted by Crippen LogP contribution is -2.40. The number of aromatic amines is 1. The van der Waals surface area contributed by atoms with Gasteiger partial charge in [0.2, 0.25) is 5.95 Å². The van der Waals surface area contributed by atoms with Crippen LogP contribution in [0.1, 0.15) is 27.8 Å². The molecule has 2 N–H and O–H groups in total. The molecule has 1 saturated heterocycles. The van der Waals surface area contributed by atoms with Gasteiger partial charge in [0.25, 0.3) is 5.91 Å². The van der Waals surface area contributed by atoms with Crippen LogP contribution < -0.4 is 10.1 Å². The fourth-order valence-corrected chi connectivity index (χ4v) is 3.54. The first-order valence-corrected chi connectivity index (χ1v) is 10.2. The number of Topliss-reactive ketones (excluding diaryl/α,β-unsaturated/α-hetero) is 1. The third-order valence-corrected chi connectivity index (χ3v) is 5.26. The number of hydrogen-bond acceptors (Lipinski definition) is 8. The maximum absolute atomic E-state index is 12.8. The van der Waals surface area contributed by atoms with Crippen LogP contribution in [0.3, 0.4) is 0 Å². The number of carbonyl (C=O) groups is 2. The number of carbonyl (C=O) groups excluding carboxylic acids is 2. The zero-order valence-electron chi connectivity index (χ0n) is 17.5. The van der Waals surface area contributed by atoms with Crippen LogP contribution in [0.15, 0.2) is 30.6 Å². The van der Waals surface area contributed by atoms with Crippen LogP contribution >= 0.6 is 11.6 Å². The van der Waals surface area contributed by atoms with E-state index in [-0.39, 0.29) is 22.7 Å². The predicted octanol–water partition coefficient (Wildman–Crippen LogP) is 2.95. The highest BCUT2D eigenvalue weighted by atomic mass is 35.5. The monoisotopic (exact) mass is 456 g/mol. The van der Waals surface area contributed by atoms with Crippen molar-refractivity contribution in [3.8, 4) is 17.0 Å². The number of hydrogen-bond donors (Lipinski definition) is 2. The number of H-pyrrole nitrogens is 1. The van der Waals surface area contributed by atoms with E-state index in [0.29, 0.717) is 60.3 Å². The standard InChI is InChI=1S/C21H21ClN6O4/c1-12(29)18-14(10-24-27-18)19-15(22)11-23-21(26-19)25-16-4-3-13(9-17(16)31-2)20(30)28-5-7-32-8-6-28/h3-4,9-11H,5-8H2,1-2H3,(H,24,27)(H,23,25,26). The number of methoxy groups -OCH3 is 1. The number of rotatable bonds is 6. The van der Waals surface area contributed by atoms with Gasteiger partial charge >= 0.3 is 0 Å². The molecule has 32 heavy (non-hydrogen) atoms. The van der Waals surface area contributed by atoms with Gasteiger partial charge in [-0.3, -0.25) is 14.7 Å². The molecular formula is C21H21ClN6O4. The van der Waals surface area contributed by atoms with Gasteiger partial charge < -0.3 is 19.7 Å². The summed E-state index contributed by atoms with van der Waals surface area (Å²) in [7, 11) is 1.52. The van der Waals surface area contributed by atoms with E-state index < -0.39 is 0 Å². The summed E-state index contributed by atoms with van der Waals surface area (Å²) in [5, 5.41) is 9.93. The average Bonchev–Trinajstić information content (AvgIpc) is 3.31. The van der Waals surface area contributed by atoms with Crippen LogP contribution in [0.5, 0.6) is 5.75 Å². The van der Waals surface area contributed by atoms with Crippen molar-refractivity contribution in [3.05, 3.63) is 46.9 Å². The number of ketones is 1. The highest BCUT2D eigenvalue weighted by Gasteiger charge is 2.21. The van der Waals surface area contributed by atoms with Crippen LogP contribution in [-0.2, 0) is 4.74 Å². The Hall–Kier alpha value is -3.50. The maximum atomic E-state index is 12.8. The highest BCUT2D eigenvalue weighted by molar-refractivity contribution is 6.33. The minimum atomic E-state index is -0.191. The second-order valence-corrected chi connectivity index (χ2v) is 7.46. The zero-order chi connectivity index (χ0) is 22.7. The van der Waals surface area contributed by atoms with Crippen molar-refractivity contribution in [3.63, 3.8) is 0 Å². The van der Waals surface area contributed by atoms with E-state index in [1.807, 2.05) is 0 Å². The van der Waals surface area contributed by atoms with Gasteiger partial charge in [-0.2, -0.15) is 5.10 Å². The van der Waals surface area contributed by atoms with Gasteiger partial charge in [0.05, 0.1) is 54.7 Å². The van der Waals surface area contributed by atoms with Crippen LogP contribution in [-0.4, -0.2) is 70.2 Å². The van der Waals surface area contributed by atoms with Gasteiger partial charge in [-0.15, -0.1) is 0 Å². The third-order valence-electron chi connectivity index (χ3n) is 4.98. The van der Waals surface area contributed by atoms with Crippen LogP contribution in [0.4, 0.5) is 11.6 Å². The molecule has 166 valence electrons. The molecule has 1 amide bonds. The molecule has 0 radical (unpaired) electrons. The molecule has 3 aromatic rings. The summed E-state index contributed by atoms with van der Waals surface area (Å²) in [5.74, 6) is 0.423. The van der Waals surface area contributed by atoms with Crippen molar-refractivity contribution in [2.45, 2.75) is 6.92 Å². The van der Waals surface area contributed by atoms with Crippen LogP contribution in [0, 0.1) is 0 Å². The largest absolute Gasteiger partial charge is 0.495 e. The average molecular weight is 457 g/mol. The number of nitrogens with zero attached hydrogens (tertiary/aromatic N) is 4. The Morgan fingerprint density at radius 2 is 2.03 bits per heavy atom. The number of halogens is 1. The van der Waals surface area contributed by atoms with Crippen molar-refractivity contribution in [2.75, 3.05) is 38.7 Å². The molecular weight excluding hydrogens is 436 g/mol. The molecule has 4 rings (SSSR count). The van der Waals surface area contributed by atoms with E-state index in [1.54, 1.807) is 23.1 Å². The van der Waals surface area contributed by atoms with Gasteiger partial charge in [0.15, 0.2) is 5.78 Å². The smallest absolute Gasteiger partial charge is 0.254 e.